The van der Waals surface area contributed by atoms with Gasteiger partial charge in [-0.05, 0) is 62.9 Å². The van der Waals surface area contributed by atoms with Gasteiger partial charge in [0.25, 0.3) is 5.91 Å². The molecule has 1 saturated carbocycles. The molecule has 0 radical (unpaired) electrons. The molecule has 1 aliphatic heterocycles. The summed E-state index contributed by atoms with van der Waals surface area (Å²) in [6.07, 6.45) is 2.07. The fourth-order valence-corrected chi connectivity index (χ4v) is 4.83. The Morgan fingerprint density at radius 2 is 1.88 bits per heavy atom. The third kappa shape index (κ3) is 4.42. The van der Waals surface area contributed by atoms with Crippen LogP contribution in [0.2, 0.25) is 0 Å². The summed E-state index contributed by atoms with van der Waals surface area (Å²) in [6, 6.07) is 13.3. The fraction of sp³-hybridized carbons (Fsp3) is 0.370. The topological polar surface area (TPSA) is 77.0 Å². The molecule has 2 aromatic rings. The Labute approximate surface area is 194 Å². The van der Waals surface area contributed by atoms with E-state index in [0.29, 0.717) is 35.8 Å². The number of anilines is 1. The minimum atomic E-state index is -0.442. The van der Waals surface area contributed by atoms with Crippen LogP contribution >= 0.6 is 0 Å². The van der Waals surface area contributed by atoms with E-state index in [1.807, 2.05) is 63.2 Å². The highest BCUT2D eigenvalue weighted by molar-refractivity contribution is 6.14. The van der Waals surface area contributed by atoms with E-state index >= 15 is 0 Å². The number of fused-ring (bicyclic) bond motifs is 1. The molecule has 1 fully saturated rings. The average molecular weight is 447 g/mol. The van der Waals surface area contributed by atoms with E-state index in [9.17, 15) is 9.59 Å². The minimum Gasteiger partial charge on any atom is -0.493 e. The Kier molecular flexibility index (Phi) is 6.63. The van der Waals surface area contributed by atoms with Gasteiger partial charge in [-0.1, -0.05) is 24.3 Å². The number of para-hydroxylation sites is 1. The number of ether oxygens (including phenoxy) is 2. The highest BCUT2D eigenvalue weighted by Crippen LogP contribution is 2.45. The number of aliphatic imine (C=N–C) groups is 1. The summed E-state index contributed by atoms with van der Waals surface area (Å²) < 4.78 is 11.2. The maximum absolute atomic E-state index is 13.6. The largest absolute Gasteiger partial charge is 0.493 e. The Morgan fingerprint density at radius 3 is 2.61 bits per heavy atom. The third-order valence-corrected chi connectivity index (χ3v) is 6.39. The van der Waals surface area contributed by atoms with E-state index in [1.165, 1.54) is 0 Å². The van der Waals surface area contributed by atoms with Crippen molar-refractivity contribution in [3.05, 3.63) is 64.9 Å². The number of allylic oxidation sites excluding steroid dienone is 1. The van der Waals surface area contributed by atoms with Gasteiger partial charge in [-0.25, -0.2) is 0 Å². The van der Waals surface area contributed by atoms with Crippen molar-refractivity contribution in [1.82, 2.24) is 0 Å². The number of hydrogen-bond donors (Lipinski definition) is 1. The van der Waals surface area contributed by atoms with Crippen molar-refractivity contribution in [3.8, 4) is 11.5 Å². The average Bonchev–Trinajstić information content (AvgIpc) is 2.80. The molecule has 2 atom stereocenters. The van der Waals surface area contributed by atoms with E-state index in [4.69, 9.17) is 14.5 Å². The zero-order chi connectivity index (χ0) is 23.5. The number of amides is 1. The first kappa shape index (κ1) is 22.8. The molecule has 1 heterocycles. The third-order valence-electron chi connectivity index (χ3n) is 6.39. The number of ketones is 1. The molecule has 172 valence electrons. The maximum Gasteiger partial charge on any atom is 0.254 e. The highest BCUT2D eigenvalue weighted by atomic mass is 16.5. The molecule has 2 aliphatic rings. The molecule has 1 aliphatic carbocycles. The smallest absolute Gasteiger partial charge is 0.254 e. The number of carbonyl (C=O) groups is 2. The monoisotopic (exact) mass is 446 g/mol. The van der Waals surface area contributed by atoms with Crippen LogP contribution in [-0.2, 0) is 9.59 Å². The van der Waals surface area contributed by atoms with E-state index in [-0.39, 0.29) is 11.7 Å². The van der Waals surface area contributed by atoms with Crippen molar-refractivity contribution in [2.24, 2.45) is 10.9 Å². The highest BCUT2D eigenvalue weighted by Gasteiger charge is 2.43. The van der Waals surface area contributed by atoms with Crippen LogP contribution in [-0.4, -0.2) is 31.1 Å². The van der Waals surface area contributed by atoms with Crippen molar-refractivity contribution >= 4 is 23.1 Å². The van der Waals surface area contributed by atoms with Gasteiger partial charge in [0.2, 0.25) is 0 Å². The van der Waals surface area contributed by atoms with Crippen molar-refractivity contribution in [1.29, 1.82) is 0 Å². The lowest BCUT2D eigenvalue weighted by Crippen LogP contribution is -2.39. The summed E-state index contributed by atoms with van der Waals surface area (Å²) in [7, 11) is 1.59. The normalized spacial score (nSPS) is 20.1. The molecule has 4 rings (SSSR count). The van der Waals surface area contributed by atoms with E-state index < -0.39 is 11.8 Å². The number of hydrogen-bond acceptors (Lipinski definition) is 5. The summed E-state index contributed by atoms with van der Waals surface area (Å²) in [4.78, 5) is 31.5. The van der Waals surface area contributed by atoms with Crippen molar-refractivity contribution in [3.63, 3.8) is 0 Å². The molecule has 1 amide bonds. The number of methoxy groups -OCH3 is 1. The number of nitrogens with zero attached hydrogens (tertiary/aromatic N) is 1. The first-order chi connectivity index (χ1) is 15.9. The molecule has 33 heavy (non-hydrogen) atoms. The molecule has 6 nitrogen and oxygen atoms in total. The second-order valence-electron chi connectivity index (χ2n) is 8.49. The van der Waals surface area contributed by atoms with Crippen LogP contribution in [0.3, 0.4) is 0 Å². The van der Waals surface area contributed by atoms with Gasteiger partial charge in [0.1, 0.15) is 5.78 Å². The van der Waals surface area contributed by atoms with E-state index in [1.54, 1.807) is 7.11 Å². The number of carbonyl (C=O) groups excluding carboxylic acids is 2. The molecule has 1 unspecified atom stereocenters. The Morgan fingerprint density at radius 1 is 1.09 bits per heavy atom. The van der Waals surface area contributed by atoms with Gasteiger partial charge < -0.3 is 14.8 Å². The predicted octanol–water partition coefficient (Wildman–Crippen LogP) is 5.22. The standard InChI is InChI=1S/C27H30N2O4/c1-5-33-22-14-13-18(15-23(22)32-4)25-24(27(31)29-19-10-7-6-9-16(19)2)17(3)28-20-11-8-12-21(30)26(20)25/h6-7,9-10,13-15,25-26H,5,8,11-12H2,1-4H3,(H,29,31)/t25-,26?/m1/s1. The molecular formula is C27H30N2O4. The summed E-state index contributed by atoms with van der Waals surface area (Å²) in [5.74, 6) is 0.238. The molecule has 0 bridgehead atoms. The molecule has 0 aromatic heterocycles. The van der Waals surface area contributed by atoms with Crippen LogP contribution in [0.1, 0.15) is 50.2 Å². The van der Waals surface area contributed by atoms with Gasteiger partial charge in [-0.2, -0.15) is 0 Å². The summed E-state index contributed by atoms with van der Waals surface area (Å²) in [6.45, 7) is 6.24. The van der Waals surface area contributed by atoms with E-state index in [2.05, 4.69) is 5.32 Å². The Balaban J connectivity index is 1.81. The number of aryl methyl sites for hydroxylation is 1. The first-order valence-corrected chi connectivity index (χ1v) is 11.4. The van der Waals surface area contributed by atoms with Gasteiger partial charge in [0.15, 0.2) is 11.5 Å². The van der Waals surface area contributed by atoms with Crippen LogP contribution in [0, 0.1) is 12.8 Å². The minimum absolute atomic E-state index is 0.131. The van der Waals surface area contributed by atoms with Crippen LogP contribution in [0.25, 0.3) is 0 Å². The second kappa shape index (κ2) is 9.61. The van der Waals surface area contributed by atoms with Crippen LogP contribution in [0.15, 0.2) is 58.7 Å². The summed E-state index contributed by atoms with van der Waals surface area (Å²) in [5.41, 5.74) is 4.60. The predicted molar refractivity (Wildman–Crippen MR) is 129 cm³/mol. The van der Waals surface area contributed by atoms with Crippen LogP contribution < -0.4 is 14.8 Å². The quantitative estimate of drug-likeness (QED) is 0.660. The number of Topliss-reactive ketones (excluding diaryl/α,β-unsaturated/α-hetero) is 1. The molecule has 0 saturated heterocycles. The van der Waals surface area contributed by atoms with Gasteiger partial charge in [-0.15, -0.1) is 0 Å². The lowest BCUT2D eigenvalue weighted by atomic mass is 9.69. The number of nitrogens with one attached hydrogen (secondary N) is 1. The lowest BCUT2D eigenvalue weighted by Gasteiger charge is -2.36. The molecular weight excluding hydrogens is 416 g/mol. The zero-order valence-corrected chi connectivity index (χ0v) is 19.6. The van der Waals surface area contributed by atoms with Gasteiger partial charge in [-0.3, -0.25) is 14.6 Å². The van der Waals surface area contributed by atoms with Gasteiger partial charge >= 0.3 is 0 Å². The molecule has 6 heteroatoms. The Bertz CT molecular complexity index is 1150. The SMILES string of the molecule is CCOc1ccc([C@@H]2C(C(=O)Nc3ccccc3C)=C(C)N=C3CCCC(=O)C32)cc1OC. The molecule has 2 aromatic carbocycles. The lowest BCUT2D eigenvalue weighted by molar-refractivity contribution is -0.122. The summed E-state index contributed by atoms with van der Waals surface area (Å²) in [5, 5.41) is 3.05. The zero-order valence-electron chi connectivity index (χ0n) is 19.6. The van der Waals surface area contributed by atoms with Crippen molar-refractivity contribution in [2.45, 2.75) is 46.0 Å². The van der Waals surface area contributed by atoms with Crippen LogP contribution in [0.5, 0.6) is 11.5 Å². The summed E-state index contributed by atoms with van der Waals surface area (Å²) >= 11 is 0. The van der Waals surface area contributed by atoms with Crippen molar-refractivity contribution in [2.75, 3.05) is 19.0 Å². The van der Waals surface area contributed by atoms with Gasteiger partial charge in [0, 0.05) is 35.0 Å². The van der Waals surface area contributed by atoms with Gasteiger partial charge in [0.05, 0.1) is 19.6 Å². The first-order valence-electron chi connectivity index (χ1n) is 11.4. The number of rotatable bonds is 6. The van der Waals surface area contributed by atoms with Crippen molar-refractivity contribution < 1.29 is 19.1 Å². The second-order valence-corrected chi connectivity index (χ2v) is 8.49. The Hall–Kier alpha value is -3.41. The fourth-order valence-electron chi connectivity index (χ4n) is 4.83. The number of benzene rings is 2. The van der Waals surface area contributed by atoms with Crippen LogP contribution in [0.4, 0.5) is 5.69 Å². The molecule has 1 N–H and O–H groups in total. The van der Waals surface area contributed by atoms with E-state index in [0.717, 1.165) is 35.4 Å². The maximum atomic E-state index is 13.6. The molecule has 0 spiro atoms.